The number of aromatic carboxylic acids is 1. The molecule has 3 aromatic carbocycles. The number of likely N-dealkylation sites (tertiary alicyclic amines) is 1. The third-order valence-electron chi connectivity index (χ3n) is 6.28. The van der Waals surface area contributed by atoms with E-state index in [1.165, 1.54) is 30.4 Å². The summed E-state index contributed by atoms with van der Waals surface area (Å²) in [6, 6.07) is 23.9. The van der Waals surface area contributed by atoms with Gasteiger partial charge in [0.2, 0.25) is 0 Å². The molecule has 1 N–H and O–H groups in total. The molecule has 1 fully saturated rings. The maximum atomic E-state index is 11.1. The number of halogens is 1. The van der Waals surface area contributed by atoms with Crippen LogP contribution >= 0.6 is 15.9 Å². The first-order valence-corrected chi connectivity index (χ1v) is 12.5. The number of benzene rings is 3. The van der Waals surface area contributed by atoms with Gasteiger partial charge < -0.3 is 14.7 Å². The van der Waals surface area contributed by atoms with Gasteiger partial charge in [-0.05, 0) is 86.1 Å². The highest BCUT2D eigenvalue weighted by Crippen LogP contribution is 2.25. The molecule has 0 amide bonds. The number of rotatable bonds is 9. The number of hydrogen-bond acceptors (Lipinski definition) is 4. The predicted octanol–water partition coefficient (Wildman–Crippen LogP) is 6.43. The summed E-state index contributed by atoms with van der Waals surface area (Å²) in [6.45, 7) is 3.84. The standard InChI is InChI=1S/C28H31BrN2O3/c1-30(18-21-7-13-26(14-8-21)34-27-15-11-24(29)12-16-27)20-25-4-2-3-17-31(25)19-22-5-9-23(10-6-22)28(32)33/h5-16,25H,2-4,17-20H2,1H3,(H,32,33)/t25-/m0/s1. The van der Waals surface area contributed by atoms with Crippen molar-refractivity contribution in [1.82, 2.24) is 9.80 Å². The van der Waals surface area contributed by atoms with E-state index in [2.05, 4.69) is 44.9 Å². The second-order valence-electron chi connectivity index (χ2n) is 9.02. The monoisotopic (exact) mass is 522 g/mol. The van der Waals surface area contributed by atoms with Crippen molar-refractivity contribution in [2.75, 3.05) is 20.1 Å². The lowest BCUT2D eigenvalue weighted by Crippen LogP contribution is -2.45. The fourth-order valence-electron chi connectivity index (χ4n) is 4.50. The quantitative estimate of drug-likeness (QED) is 0.351. The number of hydrogen-bond donors (Lipinski definition) is 1. The lowest BCUT2D eigenvalue weighted by atomic mass is 10.00. The van der Waals surface area contributed by atoms with Crippen LogP contribution in [0.4, 0.5) is 0 Å². The van der Waals surface area contributed by atoms with E-state index in [-0.39, 0.29) is 0 Å². The van der Waals surface area contributed by atoms with Crippen molar-refractivity contribution in [2.45, 2.75) is 38.4 Å². The number of carbonyl (C=O) groups is 1. The molecule has 3 aromatic rings. The van der Waals surface area contributed by atoms with Crippen LogP contribution in [0.3, 0.4) is 0 Å². The Balaban J connectivity index is 1.31. The smallest absolute Gasteiger partial charge is 0.335 e. The van der Waals surface area contributed by atoms with Gasteiger partial charge in [0, 0.05) is 30.1 Å². The minimum absolute atomic E-state index is 0.340. The topological polar surface area (TPSA) is 53.0 Å². The van der Waals surface area contributed by atoms with Crippen molar-refractivity contribution < 1.29 is 14.6 Å². The van der Waals surface area contributed by atoms with E-state index in [1.807, 2.05) is 48.5 Å². The fourth-order valence-corrected chi connectivity index (χ4v) is 4.76. The Labute approximate surface area is 210 Å². The van der Waals surface area contributed by atoms with E-state index < -0.39 is 5.97 Å². The number of nitrogens with zero attached hydrogens (tertiary/aromatic N) is 2. The second-order valence-corrected chi connectivity index (χ2v) is 9.93. The maximum absolute atomic E-state index is 11.1. The van der Waals surface area contributed by atoms with Gasteiger partial charge in [-0.1, -0.05) is 46.6 Å². The van der Waals surface area contributed by atoms with Gasteiger partial charge in [0.1, 0.15) is 11.5 Å². The van der Waals surface area contributed by atoms with Crippen molar-refractivity contribution in [3.63, 3.8) is 0 Å². The SMILES string of the molecule is CN(Cc1ccc(Oc2ccc(Br)cc2)cc1)C[C@@H]1CCCCN1Cc1ccc(C(=O)O)cc1. The van der Waals surface area contributed by atoms with Crippen molar-refractivity contribution in [3.8, 4) is 11.5 Å². The van der Waals surface area contributed by atoms with Crippen LogP contribution in [0, 0.1) is 0 Å². The molecule has 0 spiro atoms. The minimum Gasteiger partial charge on any atom is -0.478 e. The molecule has 1 heterocycles. The Bertz CT molecular complexity index is 1070. The first-order valence-electron chi connectivity index (χ1n) is 11.7. The molecule has 1 aliphatic rings. The summed E-state index contributed by atoms with van der Waals surface area (Å²) in [5, 5.41) is 9.13. The third-order valence-corrected chi connectivity index (χ3v) is 6.81. The van der Waals surface area contributed by atoms with Crippen molar-refractivity contribution in [2.24, 2.45) is 0 Å². The van der Waals surface area contributed by atoms with E-state index in [0.717, 1.165) is 42.2 Å². The Morgan fingerprint density at radius 2 is 1.59 bits per heavy atom. The van der Waals surface area contributed by atoms with Crippen LogP contribution < -0.4 is 4.74 Å². The molecule has 0 saturated carbocycles. The number of piperidine rings is 1. The molecule has 34 heavy (non-hydrogen) atoms. The summed E-state index contributed by atoms with van der Waals surface area (Å²) < 4.78 is 6.97. The number of carboxylic acids is 1. The first kappa shape index (κ1) is 24.5. The molecule has 6 heteroatoms. The van der Waals surface area contributed by atoms with E-state index in [9.17, 15) is 4.79 Å². The molecule has 0 unspecified atom stereocenters. The Kier molecular flexibility index (Phi) is 8.38. The van der Waals surface area contributed by atoms with Crippen LogP contribution in [-0.4, -0.2) is 47.1 Å². The Hall–Kier alpha value is -2.67. The third kappa shape index (κ3) is 6.92. The molecule has 0 aliphatic carbocycles. The molecule has 1 aliphatic heterocycles. The second kappa shape index (κ2) is 11.6. The zero-order valence-corrected chi connectivity index (χ0v) is 21.1. The molecule has 1 atom stereocenters. The highest BCUT2D eigenvalue weighted by Gasteiger charge is 2.23. The minimum atomic E-state index is -0.878. The Morgan fingerprint density at radius 3 is 2.24 bits per heavy atom. The molecular weight excluding hydrogens is 492 g/mol. The summed E-state index contributed by atoms with van der Waals surface area (Å²) in [7, 11) is 2.18. The van der Waals surface area contributed by atoms with E-state index >= 15 is 0 Å². The van der Waals surface area contributed by atoms with Gasteiger partial charge >= 0.3 is 5.97 Å². The summed E-state index contributed by atoms with van der Waals surface area (Å²) in [5.74, 6) is 0.779. The highest BCUT2D eigenvalue weighted by molar-refractivity contribution is 9.10. The van der Waals surface area contributed by atoms with E-state index in [4.69, 9.17) is 9.84 Å². The summed E-state index contributed by atoms with van der Waals surface area (Å²) in [6.07, 6.45) is 3.67. The number of likely N-dealkylation sites (N-methyl/N-ethyl adjacent to an activating group) is 1. The highest BCUT2D eigenvalue weighted by atomic mass is 79.9. The van der Waals surface area contributed by atoms with Crippen LogP contribution in [0.1, 0.15) is 40.7 Å². The van der Waals surface area contributed by atoms with Crippen LogP contribution in [0.25, 0.3) is 0 Å². The van der Waals surface area contributed by atoms with Gasteiger partial charge in [0.15, 0.2) is 0 Å². The van der Waals surface area contributed by atoms with E-state index in [1.54, 1.807) is 12.1 Å². The summed E-state index contributed by atoms with van der Waals surface area (Å²) in [4.78, 5) is 16.0. The molecule has 178 valence electrons. The van der Waals surface area contributed by atoms with Crippen LogP contribution in [0.15, 0.2) is 77.3 Å². The predicted molar refractivity (Wildman–Crippen MR) is 138 cm³/mol. The Morgan fingerprint density at radius 1 is 0.971 bits per heavy atom. The molecular formula is C28H31BrN2O3. The largest absolute Gasteiger partial charge is 0.478 e. The average molecular weight is 523 g/mol. The first-order chi connectivity index (χ1) is 16.5. The van der Waals surface area contributed by atoms with Crippen molar-refractivity contribution in [3.05, 3.63) is 94.0 Å². The molecule has 0 bridgehead atoms. The average Bonchev–Trinajstić information content (AvgIpc) is 2.83. The van der Waals surface area contributed by atoms with Gasteiger partial charge in [-0.15, -0.1) is 0 Å². The molecule has 5 nitrogen and oxygen atoms in total. The zero-order valence-electron chi connectivity index (χ0n) is 19.5. The number of ether oxygens (including phenoxy) is 1. The van der Waals surface area contributed by atoms with Crippen LogP contribution in [0.2, 0.25) is 0 Å². The summed E-state index contributed by atoms with van der Waals surface area (Å²) >= 11 is 3.44. The molecule has 0 aromatic heterocycles. The molecule has 4 rings (SSSR count). The van der Waals surface area contributed by atoms with Gasteiger partial charge in [0.05, 0.1) is 5.56 Å². The normalized spacial score (nSPS) is 16.5. The van der Waals surface area contributed by atoms with E-state index in [0.29, 0.717) is 11.6 Å². The fraction of sp³-hybridized carbons (Fsp3) is 0.321. The van der Waals surface area contributed by atoms with Crippen molar-refractivity contribution >= 4 is 21.9 Å². The van der Waals surface area contributed by atoms with Gasteiger partial charge in [-0.25, -0.2) is 4.79 Å². The van der Waals surface area contributed by atoms with Crippen LogP contribution in [-0.2, 0) is 13.1 Å². The lowest BCUT2D eigenvalue weighted by Gasteiger charge is -2.38. The zero-order chi connectivity index (χ0) is 23.9. The number of carboxylic acid groups (broad SMARTS) is 1. The molecule has 0 radical (unpaired) electrons. The van der Waals surface area contributed by atoms with Crippen molar-refractivity contribution in [1.29, 1.82) is 0 Å². The van der Waals surface area contributed by atoms with Crippen LogP contribution in [0.5, 0.6) is 11.5 Å². The lowest BCUT2D eigenvalue weighted by molar-refractivity contribution is 0.0696. The molecule has 1 saturated heterocycles. The summed E-state index contributed by atoms with van der Waals surface area (Å²) in [5.41, 5.74) is 2.77. The van der Waals surface area contributed by atoms with Gasteiger partial charge in [0.25, 0.3) is 0 Å². The van der Waals surface area contributed by atoms with Gasteiger partial charge in [-0.2, -0.15) is 0 Å². The maximum Gasteiger partial charge on any atom is 0.335 e. The van der Waals surface area contributed by atoms with Gasteiger partial charge in [-0.3, -0.25) is 4.90 Å².